The van der Waals surface area contributed by atoms with Crippen LogP contribution in [0.4, 0.5) is 0 Å². The van der Waals surface area contributed by atoms with E-state index in [2.05, 4.69) is 0 Å². The number of hydrogen-bond acceptors (Lipinski definition) is 3. The number of ketones is 1. The molecule has 0 aliphatic carbocycles. The topological polar surface area (TPSA) is 69.1 Å². The van der Waals surface area contributed by atoms with Crippen molar-refractivity contribution < 1.29 is 4.79 Å². The van der Waals surface area contributed by atoms with Crippen molar-refractivity contribution in [3.8, 4) is 0 Å². The molecule has 3 nitrogen and oxygen atoms in total. The lowest BCUT2D eigenvalue weighted by Gasteiger charge is -2.03. The van der Waals surface area contributed by atoms with Gasteiger partial charge in [-0.2, -0.15) is 0 Å². The number of carbonyl (C=O) groups excluding carboxylic acids is 1. The summed E-state index contributed by atoms with van der Waals surface area (Å²) < 4.78 is 0. The number of carbonyl (C=O) groups is 1. The van der Waals surface area contributed by atoms with E-state index in [-0.39, 0.29) is 18.2 Å². The molecule has 1 atom stereocenters. The van der Waals surface area contributed by atoms with Gasteiger partial charge in [0.2, 0.25) is 0 Å². The molecule has 0 heterocycles. The first-order valence-corrected chi connectivity index (χ1v) is 3.12. The van der Waals surface area contributed by atoms with Crippen molar-refractivity contribution in [2.24, 2.45) is 17.4 Å². The van der Waals surface area contributed by atoms with Crippen LogP contribution in [0.15, 0.2) is 0 Å². The maximum atomic E-state index is 10.6. The molecule has 9 heavy (non-hydrogen) atoms. The smallest absolute Gasteiger partial charge is 0.146 e. The van der Waals surface area contributed by atoms with Gasteiger partial charge in [0.25, 0.3) is 0 Å². The first-order valence-electron chi connectivity index (χ1n) is 3.12. The van der Waals surface area contributed by atoms with Crippen molar-refractivity contribution in [2.75, 3.05) is 13.1 Å². The largest absolute Gasteiger partial charge is 0.330 e. The van der Waals surface area contributed by atoms with Crippen LogP contribution in [0, 0.1) is 5.92 Å². The predicted molar refractivity (Wildman–Crippen MR) is 36.9 cm³/mol. The van der Waals surface area contributed by atoms with Crippen LogP contribution in [0.1, 0.15) is 13.3 Å². The number of rotatable bonds is 4. The predicted octanol–water partition coefficient (Wildman–Crippen LogP) is -0.501. The summed E-state index contributed by atoms with van der Waals surface area (Å²) in [5.74, 6) is 0.369. The van der Waals surface area contributed by atoms with Crippen LogP contribution < -0.4 is 11.5 Å². The fourth-order valence-electron chi connectivity index (χ4n) is 0.555. The van der Waals surface area contributed by atoms with E-state index in [4.69, 9.17) is 11.5 Å². The molecule has 0 spiro atoms. The number of hydrogen-bond donors (Lipinski definition) is 2. The Morgan fingerprint density at radius 3 is 2.44 bits per heavy atom. The lowest BCUT2D eigenvalue weighted by molar-refractivity contribution is -0.118. The fraction of sp³-hybridized carbons (Fsp3) is 0.833. The van der Waals surface area contributed by atoms with E-state index in [1.807, 2.05) is 6.92 Å². The van der Waals surface area contributed by atoms with E-state index in [9.17, 15) is 4.79 Å². The van der Waals surface area contributed by atoms with Crippen LogP contribution in [0.25, 0.3) is 0 Å². The monoisotopic (exact) mass is 130 g/mol. The summed E-state index contributed by atoms with van der Waals surface area (Å²) in [4.78, 5) is 10.6. The Morgan fingerprint density at radius 1 is 1.56 bits per heavy atom. The molecule has 4 N–H and O–H groups in total. The Morgan fingerprint density at radius 2 is 2.11 bits per heavy atom. The van der Waals surface area contributed by atoms with Crippen LogP contribution in [-0.2, 0) is 4.79 Å². The maximum absolute atomic E-state index is 10.6. The Balaban J connectivity index is 3.34. The highest BCUT2D eigenvalue weighted by molar-refractivity contribution is 5.80. The fourth-order valence-corrected chi connectivity index (χ4v) is 0.555. The van der Waals surface area contributed by atoms with Gasteiger partial charge in [0.1, 0.15) is 5.78 Å². The second kappa shape index (κ2) is 4.47. The molecule has 0 radical (unpaired) electrons. The first kappa shape index (κ1) is 8.59. The minimum atomic E-state index is 0.0907. The molecule has 0 aliphatic rings. The van der Waals surface area contributed by atoms with Gasteiger partial charge in [0.15, 0.2) is 0 Å². The highest BCUT2D eigenvalue weighted by Crippen LogP contribution is 1.97. The molecule has 3 heteroatoms. The zero-order valence-corrected chi connectivity index (χ0v) is 5.76. The van der Waals surface area contributed by atoms with Gasteiger partial charge in [-0.25, -0.2) is 0 Å². The minimum absolute atomic E-state index is 0.0907. The molecule has 1 unspecified atom stereocenters. The second-order valence-electron chi connectivity index (χ2n) is 2.29. The van der Waals surface area contributed by atoms with Gasteiger partial charge in [-0.1, -0.05) is 6.92 Å². The summed E-state index contributed by atoms with van der Waals surface area (Å²) >= 11 is 0. The van der Waals surface area contributed by atoms with E-state index >= 15 is 0 Å². The Labute approximate surface area is 55.4 Å². The zero-order chi connectivity index (χ0) is 7.28. The van der Waals surface area contributed by atoms with Crippen molar-refractivity contribution in [3.63, 3.8) is 0 Å². The third kappa shape index (κ3) is 4.12. The van der Waals surface area contributed by atoms with E-state index in [1.165, 1.54) is 0 Å². The summed E-state index contributed by atoms with van der Waals surface area (Å²) in [5.41, 5.74) is 10.4. The highest BCUT2D eigenvalue weighted by Gasteiger charge is 2.03. The van der Waals surface area contributed by atoms with Crippen LogP contribution in [0.2, 0.25) is 0 Å². The molecule has 0 bridgehead atoms. The Bertz CT molecular complexity index is 93.1. The number of nitrogens with two attached hydrogens (primary N) is 2. The van der Waals surface area contributed by atoms with Crippen LogP contribution in [0.3, 0.4) is 0 Å². The third-order valence-electron chi connectivity index (χ3n) is 1.21. The lowest BCUT2D eigenvalue weighted by Crippen LogP contribution is -2.20. The quantitative estimate of drug-likeness (QED) is 0.539. The maximum Gasteiger partial charge on any atom is 0.146 e. The van der Waals surface area contributed by atoms with Gasteiger partial charge < -0.3 is 11.5 Å². The van der Waals surface area contributed by atoms with Crippen molar-refractivity contribution in [1.82, 2.24) is 0 Å². The standard InChI is InChI=1S/C6H14N2O/c1-5(3-7)2-6(9)4-8/h5H,2-4,7-8H2,1H3. The van der Waals surface area contributed by atoms with E-state index in [1.54, 1.807) is 0 Å². The molecule has 0 aromatic heterocycles. The van der Waals surface area contributed by atoms with E-state index in [0.29, 0.717) is 13.0 Å². The first-order chi connectivity index (χ1) is 4.20. The molecule has 0 aromatic carbocycles. The molecular formula is C6H14N2O. The third-order valence-corrected chi connectivity index (χ3v) is 1.21. The summed E-state index contributed by atoms with van der Waals surface area (Å²) in [6, 6.07) is 0. The van der Waals surface area contributed by atoms with Crippen molar-refractivity contribution >= 4 is 5.78 Å². The van der Waals surface area contributed by atoms with Gasteiger partial charge in [0.05, 0.1) is 6.54 Å². The zero-order valence-electron chi connectivity index (χ0n) is 5.76. The Hall–Kier alpha value is -0.410. The van der Waals surface area contributed by atoms with Gasteiger partial charge in [0, 0.05) is 6.42 Å². The molecular weight excluding hydrogens is 116 g/mol. The molecule has 0 aliphatic heterocycles. The van der Waals surface area contributed by atoms with Crippen molar-refractivity contribution in [3.05, 3.63) is 0 Å². The SMILES string of the molecule is CC(CN)CC(=O)CN. The van der Waals surface area contributed by atoms with E-state index < -0.39 is 0 Å². The van der Waals surface area contributed by atoms with Gasteiger partial charge in [-0.15, -0.1) is 0 Å². The van der Waals surface area contributed by atoms with Crippen molar-refractivity contribution in [1.29, 1.82) is 0 Å². The molecule has 0 rings (SSSR count). The van der Waals surface area contributed by atoms with Gasteiger partial charge >= 0.3 is 0 Å². The lowest BCUT2D eigenvalue weighted by atomic mass is 10.1. The van der Waals surface area contributed by atoms with Gasteiger partial charge in [-0.3, -0.25) is 4.79 Å². The van der Waals surface area contributed by atoms with Crippen LogP contribution in [0.5, 0.6) is 0 Å². The normalized spacial score (nSPS) is 13.2. The van der Waals surface area contributed by atoms with Crippen LogP contribution in [-0.4, -0.2) is 18.9 Å². The molecule has 54 valence electrons. The summed E-state index contributed by atoms with van der Waals surface area (Å²) in [6.45, 7) is 2.64. The van der Waals surface area contributed by atoms with Gasteiger partial charge in [-0.05, 0) is 12.5 Å². The Kier molecular flexibility index (Phi) is 4.26. The average Bonchev–Trinajstić information content (AvgIpc) is 1.87. The number of Topliss-reactive ketones (excluding diaryl/α,β-unsaturated/α-hetero) is 1. The van der Waals surface area contributed by atoms with E-state index in [0.717, 1.165) is 0 Å². The highest BCUT2D eigenvalue weighted by atomic mass is 16.1. The molecule has 0 fully saturated rings. The average molecular weight is 130 g/mol. The molecule has 0 amide bonds. The van der Waals surface area contributed by atoms with Crippen molar-refractivity contribution in [2.45, 2.75) is 13.3 Å². The second-order valence-corrected chi connectivity index (χ2v) is 2.29. The summed E-state index contributed by atoms with van der Waals surface area (Å²) in [5, 5.41) is 0. The minimum Gasteiger partial charge on any atom is -0.330 e. The summed E-state index contributed by atoms with van der Waals surface area (Å²) in [7, 11) is 0. The molecule has 0 saturated heterocycles. The molecule has 0 saturated carbocycles. The molecule has 0 aromatic rings. The van der Waals surface area contributed by atoms with Crippen LogP contribution >= 0.6 is 0 Å². The summed E-state index contributed by atoms with van der Waals surface area (Å²) in [6.07, 6.45) is 0.521.